The second kappa shape index (κ2) is 7.61. The van der Waals surface area contributed by atoms with Crippen molar-refractivity contribution in [2.45, 2.75) is 0 Å². The number of para-hydroxylation sites is 2. The van der Waals surface area contributed by atoms with Gasteiger partial charge in [0.1, 0.15) is 5.52 Å². The van der Waals surface area contributed by atoms with Crippen LogP contribution in [0, 0.1) is 0 Å². The Bertz CT molecular complexity index is 1270. The molecule has 0 atom stereocenters. The monoisotopic (exact) mass is 373 g/mol. The molecule has 29 heavy (non-hydrogen) atoms. The number of oxazole rings is 1. The third kappa shape index (κ3) is 3.48. The smallest absolute Gasteiger partial charge is 0.227 e. The fourth-order valence-electron chi connectivity index (χ4n) is 3.53. The Morgan fingerprint density at radius 2 is 1.21 bits per heavy atom. The van der Waals surface area contributed by atoms with Crippen LogP contribution in [-0.2, 0) is 0 Å². The van der Waals surface area contributed by atoms with Gasteiger partial charge < -0.3 is 4.42 Å². The third-order valence-corrected chi connectivity index (χ3v) is 4.96. The molecule has 5 rings (SSSR count). The van der Waals surface area contributed by atoms with Crippen molar-refractivity contribution in [3.8, 4) is 22.6 Å². The predicted molar refractivity (Wildman–Crippen MR) is 120 cm³/mol. The molecule has 0 radical (unpaired) electrons. The molecule has 0 spiro atoms. The van der Waals surface area contributed by atoms with Crippen molar-refractivity contribution in [3.63, 3.8) is 0 Å². The number of hydrogen-bond donors (Lipinski definition) is 0. The molecule has 0 aliphatic rings. The van der Waals surface area contributed by atoms with Gasteiger partial charge in [0.25, 0.3) is 0 Å². The number of aromatic nitrogens is 1. The Balaban J connectivity index is 1.62. The van der Waals surface area contributed by atoms with Gasteiger partial charge in [-0.15, -0.1) is 0 Å². The molecule has 0 fully saturated rings. The molecule has 0 bridgehead atoms. The minimum atomic E-state index is 0.642. The van der Waals surface area contributed by atoms with Crippen LogP contribution in [0.2, 0.25) is 0 Å². The van der Waals surface area contributed by atoms with Gasteiger partial charge in [0.2, 0.25) is 5.89 Å². The molecule has 0 saturated carbocycles. The molecule has 1 aromatic heterocycles. The number of hydrogen-bond acceptors (Lipinski definition) is 2. The fraction of sp³-hybridized carbons (Fsp3) is 0. The first-order valence-electron chi connectivity index (χ1n) is 9.66. The first-order chi connectivity index (χ1) is 14.4. The summed E-state index contributed by atoms with van der Waals surface area (Å²) in [6, 6.07) is 34.9. The van der Waals surface area contributed by atoms with Crippen LogP contribution in [0.3, 0.4) is 0 Å². The Labute approximate surface area is 169 Å². The normalized spacial score (nSPS) is 11.3. The van der Waals surface area contributed by atoms with E-state index in [4.69, 9.17) is 9.40 Å². The lowest BCUT2D eigenvalue weighted by molar-refractivity contribution is 0.620. The van der Waals surface area contributed by atoms with Crippen molar-refractivity contribution in [2.24, 2.45) is 0 Å². The van der Waals surface area contributed by atoms with Crippen LogP contribution in [0.4, 0.5) is 0 Å². The van der Waals surface area contributed by atoms with Gasteiger partial charge in [-0.2, -0.15) is 0 Å². The van der Waals surface area contributed by atoms with Gasteiger partial charge in [-0.25, -0.2) is 4.98 Å². The highest BCUT2D eigenvalue weighted by Crippen LogP contribution is 2.35. The van der Waals surface area contributed by atoms with E-state index in [2.05, 4.69) is 66.7 Å². The van der Waals surface area contributed by atoms with Gasteiger partial charge in [-0.3, -0.25) is 0 Å². The highest BCUT2D eigenvalue weighted by Gasteiger charge is 2.14. The average molecular weight is 373 g/mol. The molecule has 5 aromatic rings. The Hall–Kier alpha value is -3.91. The van der Waals surface area contributed by atoms with Crippen LogP contribution in [0.15, 0.2) is 108 Å². The minimum Gasteiger partial charge on any atom is -0.436 e. The third-order valence-electron chi connectivity index (χ3n) is 4.96. The highest BCUT2D eigenvalue weighted by molar-refractivity contribution is 5.88. The molecule has 0 aliphatic heterocycles. The summed E-state index contributed by atoms with van der Waals surface area (Å²) in [7, 11) is 0. The van der Waals surface area contributed by atoms with E-state index in [1.165, 1.54) is 5.56 Å². The number of benzene rings is 4. The first kappa shape index (κ1) is 17.2. The predicted octanol–water partition coefficient (Wildman–Crippen LogP) is 7.33. The van der Waals surface area contributed by atoms with Gasteiger partial charge >= 0.3 is 0 Å². The standard InChI is InChI=1S/C27H19NO/c1-2-10-20(11-3-1)18-19-21-12-4-5-13-22(21)23-14-6-7-15-24(23)27-28-25-16-8-9-17-26(25)29-27/h1-19H. The zero-order valence-electron chi connectivity index (χ0n) is 15.8. The summed E-state index contributed by atoms with van der Waals surface area (Å²) in [5, 5.41) is 0. The number of fused-ring (bicyclic) bond motifs is 1. The van der Waals surface area contributed by atoms with E-state index in [-0.39, 0.29) is 0 Å². The summed E-state index contributed by atoms with van der Waals surface area (Å²) >= 11 is 0. The molecule has 0 N–H and O–H groups in total. The molecule has 2 nitrogen and oxygen atoms in total. The molecule has 138 valence electrons. The van der Waals surface area contributed by atoms with Crippen molar-refractivity contribution in [2.75, 3.05) is 0 Å². The SMILES string of the molecule is C(=Cc1ccccc1-c1ccccc1-c1nc2ccccc2o1)c1ccccc1. The van der Waals surface area contributed by atoms with E-state index >= 15 is 0 Å². The molecule has 1 heterocycles. The molecular formula is C27H19NO. The largest absolute Gasteiger partial charge is 0.436 e. The average Bonchev–Trinajstić information content (AvgIpc) is 3.23. The maximum absolute atomic E-state index is 6.06. The van der Waals surface area contributed by atoms with E-state index in [9.17, 15) is 0 Å². The zero-order valence-corrected chi connectivity index (χ0v) is 15.8. The minimum absolute atomic E-state index is 0.642. The van der Waals surface area contributed by atoms with Gasteiger partial charge in [-0.05, 0) is 40.5 Å². The van der Waals surface area contributed by atoms with Crippen molar-refractivity contribution in [1.29, 1.82) is 0 Å². The lowest BCUT2D eigenvalue weighted by atomic mass is 9.95. The van der Waals surface area contributed by atoms with Crippen molar-refractivity contribution < 1.29 is 4.42 Å². The summed E-state index contributed by atoms with van der Waals surface area (Å²) < 4.78 is 6.06. The van der Waals surface area contributed by atoms with E-state index in [0.29, 0.717) is 5.89 Å². The van der Waals surface area contributed by atoms with Crippen LogP contribution in [0.1, 0.15) is 11.1 Å². The van der Waals surface area contributed by atoms with E-state index in [1.54, 1.807) is 0 Å². The highest BCUT2D eigenvalue weighted by atomic mass is 16.3. The van der Waals surface area contributed by atoms with E-state index in [1.807, 2.05) is 48.5 Å². The summed E-state index contributed by atoms with van der Waals surface area (Å²) in [5.74, 6) is 0.642. The quantitative estimate of drug-likeness (QED) is 0.308. The maximum atomic E-state index is 6.06. The van der Waals surface area contributed by atoms with Crippen molar-refractivity contribution >= 4 is 23.3 Å². The Kier molecular flexibility index (Phi) is 4.51. The van der Waals surface area contributed by atoms with Crippen LogP contribution in [0.25, 0.3) is 45.8 Å². The van der Waals surface area contributed by atoms with Gasteiger partial charge in [-0.1, -0.05) is 97.1 Å². The topological polar surface area (TPSA) is 26.0 Å². The van der Waals surface area contributed by atoms with Crippen LogP contribution in [0.5, 0.6) is 0 Å². The molecule has 0 amide bonds. The van der Waals surface area contributed by atoms with Crippen molar-refractivity contribution in [3.05, 3.63) is 114 Å². The molecule has 2 heteroatoms. The van der Waals surface area contributed by atoms with Gasteiger partial charge in [0.15, 0.2) is 5.58 Å². The van der Waals surface area contributed by atoms with E-state index < -0.39 is 0 Å². The lowest BCUT2D eigenvalue weighted by Crippen LogP contribution is -1.88. The molecular weight excluding hydrogens is 354 g/mol. The van der Waals surface area contributed by atoms with Crippen LogP contribution in [-0.4, -0.2) is 4.98 Å². The summed E-state index contributed by atoms with van der Waals surface area (Å²) in [6.07, 6.45) is 4.30. The van der Waals surface area contributed by atoms with E-state index in [0.717, 1.165) is 33.4 Å². The van der Waals surface area contributed by atoms with Crippen molar-refractivity contribution in [1.82, 2.24) is 4.98 Å². The van der Waals surface area contributed by atoms with Crippen LogP contribution < -0.4 is 0 Å². The molecule has 0 saturated heterocycles. The Morgan fingerprint density at radius 3 is 2.03 bits per heavy atom. The molecule has 0 unspecified atom stereocenters. The molecule has 4 aromatic carbocycles. The van der Waals surface area contributed by atoms with Crippen LogP contribution >= 0.6 is 0 Å². The fourth-order valence-corrected chi connectivity index (χ4v) is 3.53. The maximum Gasteiger partial charge on any atom is 0.227 e. The van der Waals surface area contributed by atoms with Gasteiger partial charge in [0.05, 0.1) is 0 Å². The second-order valence-electron chi connectivity index (χ2n) is 6.86. The molecule has 0 aliphatic carbocycles. The van der Waals surface area contributed by atoms with Gasteiger partial charge in [0, 0.05) is 5.56 Å². The Morgan fingerprint density at radius 1 is 0.552 bits per heavy atom. The zero-order chi connectivity index (χ0) is 19.5. The summed E-state index contributed by atoms with van der Waals surface area (Å²) in [4.78, 5) is 4.71. The first-order valence-corrected chi connectivity index (χ1v) is 9.66. The summed E-state index contributed by atoms with van der Waals surface area (Å²) in [5.41, 5.74) is 7.24. The lowest BCUT2D eigenvalue weighted by Gasteiger charge is -2.10. The summed E-state index contributed by atoms with van der Waals surface area (Å²) in [6.45, 7) is 0. The second-order valence-corrected chi connectivity index (χ2v) is 6.86. The number of nitrogens with zero attached hydrogens (tertiary/aromatic N) is 1. The number of rotatable bonds is 4.